The maximum atomic E-state index is 12.8. The number of anilines is 1. The molecule has 2 N–H and O–H groups in total. The number of methoxy groups -OCH3 is 1. The third-order valence-electron chi connectivity index (χ3n) is 4.42. The number of para-hydroxylation sites is 1. The van der Waals surface area contributed by atoms with Crippen molar-refractivity contribution in [2.45, 2.75) is 20.8 Å². The number of ether oxygens (including phenoxy) is 1. The average Bonchev–Trinajstić information content (AvgIpc) is 2.96. The molecular weight excluding hydrogens is 316 g/mol. The van der Waals surface area contributed by atoms with Crippen LogP contribution in [-0.4, -0.2) is 24.0 Å². The number of hydrogen-bond donors (Lipinski definition) is 2. The molecule has 0 saturated heterocycles. The molecule has 0 bridgehead atoms. The second kappa shape index (κ2) is 6.43. The molecule has 2 aromatic carbocycles. The summed E-state index contributed by atoms with van der Waals surface area (Å²) in [7, 11) is 1.31. The normalized spacial score (nSPS) is 10.7. The number of aromatic nitrogens is 1. The Balaban J connectivity index is 2.07. The monoisotopic (exact) mass is 336 g/mol. The lowest BCUT2D eigenvalue weighted by atomic mass is 10.0. The van der Waals surface area contributed by atoms with Crippen LogP contribution in [0, 0.1) is 20.8 Å². The molecule has 1 aromatic heterocycles. The van der Waals surface area contributed by atoms with Crippen molar-refractivity contribution in [3.8, 4) is 0 Å². The molecule has 25 heavy (non-hydrogen) atoms. The Morgan fingerprint density at radius 1 is 1.00 bits per heavy atom. The summed E-state index contributed by atoms with van der Waals surface area (Å²) in [6.07, 6.45) is 0. The smallest absolute Gasteiger partial charge is 0.356 e. The van der Waals surface area contributed by atoms with E-state index in [1.54, 1.807) is 0 Å². The van der Waals surface area contributed by atoms with Gasteiger partial charge in [0.25, 0.3) is 5.91 Å². The highest BCUT2D eigenvalue weighted by atomic mass is 16.5. The Kier molecular flexibility index (Phi) is 4.31. The van der Waals surface area contributed by atoms with Gasteiger partial charge in [0.2, 0.25) is 0 Å². The van der Waals surface area contributed by atoms with Gasteiger partial charge in [0.05, 0.1) is 12.8 Å². The van der Waals surface area contributed by atoms with Gasteiger partial charge in [0, 0.05) is 16.5 Å². The first-order valence-corrected chi connectivity index (χ1v) is 8.00. The summed E-state index contributed by atoms with van der Waals surface area (Å²) < 4.78 is 4.83. The largest absolute Gasteiger partial charge is 0.464 e. The van der Waals surface area contributed by atoms with Crippen molar-refractivity contribution >= 4 is 28.5 Å². The van der Waals surface area contributed by atoms with Crippen LogP contribution in [0.5, 0.6) is 0 Å². The van der Waals surface area contributed by atoms with Crippen LogP contribution < -0.4 is 5.32 Å². The highest BCUT2D eigenvalue weighted by molar-refractivity contribution is 6.15. The van der Waals surface area contributed by atoms with Crippen molar-refractivity contribution in [3.63, 3.8) is 0 Å². The molecule has 0 radical (unpaired) electrons. The maximum Gasteiger partial charge on any atom is 0.356 e. The summed E-state index contributed by atoms with van der Waals surface area (Å²) in [5.41, 5.74) is 5.09. The fraction of sp³-hybridized carbons (Fsp3) is 0.200. The van der Waals surface area contributed by atoms with E-state index < -0.39 is 5.97 Å². The number of carbonyl (C=O) groups excluding carboxylic acids is 2. The molecule has 3 rings (SSSR count). The summed E-state index contributed by atoms with van der Waals surface area (Å²) >= 11 is 0. The molecule has 5 nitrogen and oxygen atoms in total. The van der Waals surface area contributed by atoms with Crippen LogP contribution in [0.25, 0.3) is 10.9 Å². The lowest BCUT2D eigenvalue weighted by Gasteiger charge is -2.11. The second-order valence-corrected chi connectivity index (χ2v) is 6.12. The van der Waals surface area contributed by atoms with E-state index >= 15 is 0 Å². The van der Waals surface area contributed by atoms with Crippen LogP contribution in [0.15, 0.2) is 36.4 Å². The Bertz CT molecular complexity index is 986. The molecule has 1 amide bonds. The number of nitrogens with one attached hydrogen (secondary N) is 2. The number of hydrogen-bond acceptors (Lipinski definition) is 3. The van der Waals surface area contributed by atoms with E-state index in [1.807, 2.05) is 57.2 Å². The van der Waals surface area contributed by atoms with Gasteiger partial charge in [0.15, 0.2) is 0 Å². The van der Waals surface area contributed by atoms with E-state index in [-0.39, 0.29) is 11.6 Å². The van der Waals surface area contributed by atoms with Gasteiger partial charge >= 0.3 is 5.97 Å². The topological polar surface area (TPSA) is 71.2 Å². The summed E-state index contributed by atoms with van der Waals surface area (Å²) in [5.74, 6) is -0.779. The lowest BCUT2D eigenvalue weighted by Crippen LogP contribution is -2.16. The number of H-pyrrole nitrogens is 1. The van der Waals surface area contributed by atoms with Gasteiger partial charge in [-0.2, -0.15) is 0 Å². The van der Waals surface area contributed by atoms with Crippen molar-refractivity contribution in [2.75, 3.05) is 12.4 Å². The Morgan fingerprint density at radius 3 is 2.40 bits per heavy atom. The van der Waals surface area contributed by atoms with Crippen molar-refractivity contribution in [1.29, 1.82) is 0 Å². The van der Waals surface area contributed by atoms with Crippen LogP contribution in [0.3, 0.4) is 0 Å². The number of aryl methyl sites for hydroxylation is 3. The number of amides is 1. The highest BCUT2D eigenvalue weighted by Crippen LogP contribution is 2.29. The molecule has 0 spiro atoms. The molecule has 0 unspecified atom stereocenters. The van der Waals surface area contributed by atoms with Crippen molar-refractivity contribution < 1.29 is 14.3 Å². The fourth-order valence-electron chi connectivity index (χ4n) is 2.91. The van der Waals surface area contributed by atoms with E-state index in [1.165, 1.54) is 7.11 Å². The van der Waals surface area contributed by atoms with Gasteiger partial charge in [0.1, 0.15) is 5.69 Å². The zero-order valence-electron chi connectivity index (χ0n) is 14.7. The minimum absolute atomic E-state index is 0.235. The predicted molar refractivity (Wildman–Crippen MR) is 98.2 cm³/mol. The molecule has 0 aliphatic carbocycles. The molecular formula is C20H20N2O3. The van der Waals surface area contributed by atoms with Gasteiger partial charge < -0.3 is 15.0 Å². The van der Waals surface area contributed by atoms with Crippen molar-refractivity contribution in [2.24, 2.45) is 0 Å². The third-order valence-corrected chi connectivity index (χ3v) is 4.42. The maximum absolute atomic E-state index is 12.8. The van der Waals surface area contributed by atoms with E-state index in [0.717, 1.165) is 27.6 Å². The molecule has 3 aromatic rings. The van der Waals surface area contributed by atoms with E-state index in [9.17, 15) is 9.59 Å². The Morgan fingerprint density at radius 2 is 1.68 bits per heavy atom. The first-order valence-electron chi connectivity index (χ1n) is 8.00. The van der Waals surface area contributed by atoms with Crippen molar-refractivity contribution in [1.82, 2.24) is 4.98 Å². The summed E-state index contributed by atoms with van der Waals surface area (Å²) in [5, 5.41) is 3.64. The predicted octanol–water partition coefficient (Wildman–Crippen LogP) is 4.13. The van der Waals surface area contributed by atoms with Crippen molar-refractivity contribution in [3.05, 3.63) is 64.3 Å². The molecule has 0 atom stereocenters. The molecule has 5 heteroatoms. The summed E-state index contributed by atoms with van der Waals surface area (Å²) in [6, 6.07) is 11.3. The minimum atomic E-state index is -0.525. The zero-order chi connectivity index (χ0) is 18.1. The molecule has 0 aliphatic rings. The number of esters is 1. The number of carbonyl (C=O) groups is 2. The van der Waals surface area contributed by atoms with Gasteiger partial charge in [-0.1, -0.05) is 24.3 Å². The average molecular weight is 336 g/mol. The van der Waals surface area contributed by atoms with Gasteiger partial charge in [-0.3, -0.25) is 4.79 Å². The van der Waals surface area contributed by atoms with Crippen LogP contribution in [0.2, 0.25) is 0 Å². The minimum Gasteiger partial charge on any atom is -0.464 e. The molecule has 0 aliphatic heterocycles. The first-order chi connectivity index (χ1) is 11.9. The quantitative estimate of drug-likeness (QED) is 0.706. The number of rotatable bonds is 3. The van der Waals surface area contributed by atoms with Gasteiger partial charge in [-0.25, -0.2) is 4.79 Å². The fourth-order valence-corrected chi connectivity index (χ4v) is 2.91. The highest BCUT2D eigenvalue weighted by Gasteiger charge is 2.21. The molecule has 0 fully saturated rings. The van der Waals surface area contributed by atoms with Gasteiger partial charge in [-0.05, 0) is 49.6 Å². The number of fused-ring (bicyclic) bond motifs is 1. The summed E-state index contributed by atoms with van der Waals surface area (Å²) in [4.78, 5) is 27.9. The molecule has 1 heterocycles. The SMILES string of the molecule is COC(=O)c1[nH]c2ccccc2c1NC(=O)c1cc(C)c(C)cc1C. The lowest BCUT2D eigenvalue weighted by molar-refractivity contribution is 0.0596. The molecule has 0 saturated carbocycles. The Labute approximate surface area is 146 Å². The second-order valence-electron chi connectivity index (χ2n) is 6.12. The van der Waals surface area contributed by atoms with E-state index in [0.29, 0.717) is 11.3 Å². The number of benzene rings is 2. The Hall–Kier alpha value is -3.08. The van der Waals surface area contributed by atoms with Crippen LogP contribution in [0.1, 0.15) is 37.5 Å². The summed E-state index contributed by atoms with van der Waals surface area (Å²) in [6.45, 7) is 5.88. The third kappa shape index (κ3) is 3.01. The van der Waals surface area contributed by atoms with Gasteiger partial charge in [-0.15, -0.1) is 0 Å². The molecule has 128 valence electrons. The van der Waals surface area contributed by atoms with E-state index in [4.69, 9.17) is 4.74 Å². The zero-order valence-corrected chi connectivity index (χ0v) is 14.7. The standard InChI is InChI=1S/C20H20N2O3/c1-11-9-13(3)15(10-12(11)2)19(23)22-17-14-7-5-6-8-16(14)21-18(17)20(24)25-4/h5-10,21H,1-4H3,(H,22,23). The first kappa shape index (κ1) is 16.8. The number of aromatic amines is 1. The van der Waals surface area contributed by atoms with E-state index in [2.05, 4.69) is 10.3 Å². The van der Waals surface area contributed by atoms with Crippen LogP contribution >= 0.6 is 0 Å². The van der Waals surface area contributed by atoms with Crippen LogP contribution in [-0.2, 0) is 4.74 Å². The van der Waals surface area contributed by atoms with Crippen LogP contribution in [0.4, 0.5) is 5.69 Å².